The van der Waals surface area contributed by atoms with Crippen molar-refractivity contribution in [3.63, 3.8) is 0 Å². The zero-order valence-corrected chi connectivity index (χ0v) is 18.1. The molecule has 1 atom stereocenters. The summed E-state index contributed by atoms with van der Waals surface area (Å²) in [4.78, 5) is 4.64. The zero-order chi connectivity index (χ0) is 22.6. The van der Waals surface area contributed by atoms with Gasteiger partial charge in [0.2, 0.25) is 0 Å². The second-order valence-corrected chi connectivity index (χ2v) is 8.13. The van der Waals surface area contributed by atoms with Crippen LogP contribution in [0.1, 0.15) is 23.0 Å². The Bertz CT molecular complexity index is 1170. The molecule has 0 N–H and O–H groups in total. The lowest BCUT2D eigenvalue weighted by molar-refractivity contribution is 0.201. The fourth-order valence-corrected chi connectivity index (χ4v) is 4.33. The van der Waals surface area contributed by atoms with Gasteiger partial charge < -0.3 is 4.90 Å². The van der Waals surface area contributed by atoms with Crippen molar-refractivity contribution in [3.8, 4) is 0 Å². The van der Waals surface area contributed by atoms with Crippen LogP contribution in [0.2, 0.25) is 0 Å². The molecule has 3 aromatic carbocycles. The predicted molar refractivity (Wildman–Crippen MR) is 122 cm³/mol. The summed E-state index contributed by atoms with van der Waals surface area (Å²) in [6.07, 6.45) is 0. The van der Waals surface area contributed by atoms with Gasteiger partial charge >= 0.3 is 0 Å². The van der Waals surface area contributed by atoms with Crippen molar-refractivity contribution in [2.75, 3.05) is 31.1 Å². The third kappa shape index (κ3) is 4.75. The molecule has 1 aliphatic rings. The summed E-state index contributed by atoms with van der Waals surface area (Å²) in [5.74, 6) is 0.257. The van der Waals surface area contributed by atoms with Gasteiger partial charge in [-0.15, -0.1) is 5.10 Å². The second kappa shape index (κ2) is 9.46. The summed E-state index contributed by atoms with van der Waals surface area (Å²) in [6.45, 7) is 3.70. The number of halogens is 2. The Labute approximate surface area is 191 Å². The zero-order valence-electron chi connectivity index (χ0n) is 18.1. The molecule has 1 aromatic heterocycles. The van der Waals surface area contributed by atoms with Crippen LogP contribution in [0, 0.1) is 11.6 Å². The maximum Gasteiger partial charge on any atom is 0.173 e. The van der Waals surface area contributed by atoms with E-state index in [0.29, 0.717) is 6.54 Å². The van der Waals surface area contributed by atoms with Crippen LogP contribution >= 0.6 is 0 Å². The first kappa shape index (κ1) is 21.2. The third-order valence-electron chi connectivity index (χ3n) is 6.04. The van der Waals surface area contributed by atoms with Gasteiger partial charge in [-0.05, 0) is 58.0 Å². The lowest BCUT2D eigenvalue weighted by Crippen LogP contribution is -2.48. The minimum atomic E-state index is -0.267. The minimum absolute atomic E-state index is 0.114. The van der Waals surface area contributed by atoms with Crippen LogP contribution in [-0.4, -0.2) is 51.3 Å². The van der Waals surface area contributed by atoms with Crippen LogP contribution in [0.25, 0.3) is 0 Å². The minimum Gasteiger partial charge on any atom is -0.369 e. The molecule has 0 aliphatic carbocycles. The molecule has 0 spiro atoms. The predicted octanol–water partition coefficient (Wildman–Crippen LogP) is 3.91. The van der Waals surface area contributed by atoms with Gasteiger partial charge in [0.05, 0.1) is 12.6 Å². The molecule has 1 aliphatic heterocycles. The maximum absolute atomic E-state index is 13.3. The van der Waals surface area contributed by atoms with E-state index in [9.17, 15) is 8.78 Å². The Morgan fingerprint density at radius 3 is 2.06 bits per heavy atom. The average Bonchev–Trinajstić information content (AvgIpc) is 3.30. The molecule has 168 valence electrons. The summed E-state index contributed by atoms with van der Waals surface area (Å²) in [5.41, 5.74) is 3.06. The van der Waals surface area contributed by atoms with Crippen molar-refractivity contribution in [1.82, 2.24) is 25.1 Å². The molecule has 8 heteroatoms. The number of tetrazole rings is 1. The molecule has 4 aromatic rings. The van der Waals surface area contributed by atoms with E-state index in [0.717, 1.165) is 48.8 Å². The number of aromatic nitrogens is 4. The van der Waals surface area contributed by atoms with Gasteiger partial charge in [0, 0.05) is 31.9 Å². The standard InChI is InChI=1S/C25H24F2N6/c26-21-8-6-19(7-9-21)18-33-25(28-29-30-33)24(20-4-2-1-3-5-20)32-16-14-31(15-17-32)23-12-10-22(27)11-13-23/h1-13,24H,14-18H2/t24-/m1/s1. The van der Waals surface area contributed by atoms with E-state index < -0.39 is 0 Å². The van der Waals surface area contributed by atoms with E-state index >= 15 is 0 Å². The highest BCUT2D eigenvalue weighted by Crippen LogP contribution is 2.29. The molecule has 33 heavy (non-hydrogen) atoms. The SMILES string of the molecule is Fc1ccc(Cn2nnnc2[C@@H](c2ccccc2)N2CCN(c3ccc(F)cc3)CC2)cc1. The van der Waals surface area contributed by atoms with Crippen molar-refractivity contribution in [3.05, 3.63) is 107 Å². The Hall–Kier alpha value is -3.65. The molecule has 2 heterocycles. The largest absolute Gasteiger partial charge is 0.369 e. The molecular weight excluding hydrogens is 422 g/mol. The highest BCUT2D eigenvalue weighted by Gasteiger charge is 2.30. The number of hydrogen-bond donors (Lipinski definition) is 0. The normalized spacial score (nSPS) is 15.5. The average molecular weight is 447 g/mol. The first-order valence-corrected chi connectivity index (χ1v) is 11.0. The smallest absolute Gasteiger partial charge is 0.173 e. The second-order valence-electron chi connectivity index (χ2n) is 8.13. The highest BCUT2D eigenvalue weighted by molar-refractivity contribution is 5.46. The van der Waals surface area contributed by atoms with Gasteiger partial charge in [-0.3, -0.25) is 4.90 Å². The lowest BCUT2D eigenvalue weighted by Gasteiger charge is -2.39. The molecule has 0 unspecified atom stereocenters. The summed E-state index contributed by atoms with van der Waals surface area (Å²) in [6, 6.07) is 23.1. The van der Waals surface area contributed by atoms with Crippen molar-refractivity contribution in [1.29, 1.82) is 0 Å². The molecule has 1 saturated heterocycles. The number of nitrogens with zero attached hydrogens (tertiary/aromatic N) is 6. The van der Waals surface area contributed by atoms with E-state index in [2.05, 4.69) is 37.5 Å². The van der Waals surface area contributed by atoms with Crippen molar-refractivity contribution >= 4 is 5.69 Å². The molecule has 5 rings (SSSR count). The van der Waals surface area contributed by atoms with Crippen molar-refractivity contribution < 1.29 is 8.78 Å². The number of hydrogen-bond acceptors (Lipinski definition) is 5. The van der Waals surface area contributed by atoms with Gasteiger partial charge in [0.15, 0.2) is 5.82 Å². The molecule has 0 amide bonds. The van der Waals surface area contributed by atoms with E-state index in [1.807, 2.05) is 30.3 Å². The van der Waals surface area contributed by atoms with Gasteiger partial charge in [0.1, 0.15) is 11.6 Å². The van der Waals surface area contributed by atoms with Gasteiger partial charge in [-0.1, -0.05) is 42.5 Å². The van der Waals surface area contributed by atoms with Gasteiger partial charge in [-0.25, -0.2) is 13.5 Å². The summed E-state index contributed by atoms with van der Waals surface area (Å²) in [7, 11) is 0. The van der Waals surface area contributed by atoms with E-state index in [1.165, 1.54) is 24.3 Å². The van der Waals surface area contributed by atoms with Gasteiger partial charge in [-0.2, -0.15) is 0 Å². The van der Waals surface area contributed by atoms with Crippen LogP contribution in [-0.2, 0) is 6.54 Å². The lowest BCUT2D eigenvalue weighted by atomic mass is 10.0. The Kier molecular flexibility index (Phi) is 6.08. The van der Waals surface area contributed by atoms with Crippen LogP contribution in [0.4, 0.5) is 14.5 Å². The molecule has 6 nitrogen and oxygen atoms in total. The molecule has 0 bridgehead atoms. The van der Waals surface area contributed by atoms with Crippen LogP contribution in [0.3, 0.4) is 0 Å². The van der Waals surface area contributed by atoms with Crippen LogP contribution in [0.5, 0.6) is 0 Å². The van der Waals surface area contributed by atoms with Crippen molar-refractivity contribution in [2.45, 2.75) is 12.6 Å². The van der Waals surface area contributed by atoms with E-state index in [4.69, 9.17) is 0 Å². The number of rotatable bonds is 6. The first-order valence-electron chi connectivity index (χ1n) is 11.0. The number of benzene rings is 3. The van der Waals surface area contributed by atoms with Crippen molar-refractivity contribution in [2.24, 2.45) is 0 Å². The third-order valence-corrected chi connectivity index (χ3v) is 6.04. The van der Waals surface area contributed by atoms with Crippen LogP contribution < -0.4 is 4.90 Å². The van der Waals surface area contributed by atoms with E-state index in [1.54, 1.807) is 16.8 Å². The topological polar surface area (TPSA) is 50.1 Å². The Balaban J connectivity index is 1.40. The summed E-state index contributed by atoms with van der Waals surface area (Å²) < 4.78 is 28.4. The van der Waals surface area contributed by atoms with E-state index in [-0.39, 0.29) is 17.7 Å². The number of anilines is 1. The summed E-state index contributed by atoms with van der Waals surface area (Å²) >= 11 is 0. The fraction of sp³-hybridized carbons (Fsp3) is 0.240. The quantitative estimate of drug-likeness (QED) is 0.450. The Morgan fingerprint density at radius 1 is 0.758 bits per heavy atom. The fourth-order valence-electron chi connectivity index (χ4n) is 4.33. The number of piperazine rings is 1. The first-order chi connectivity index (χ1) is 16.2. The highest BCUT2D eigenvalue weighted by atomic mass is 19.1. The molecule has 0 radical (unpaired) electrons. The van der Waals surface area contributed by atoms with Crippen LogP contribution in [0.15, 0.2) is 78.9 Å². The maximum atomic E-state index is 13.3. The Morgan fingerprint density at radius 2 is 1.39 bits per heavy atom. The monoisotopic (exact) mass is 446 g/mol. The summed E-state index contributed by atoms with van der Waals surface area (Å²) in [5, 5.41) is 12.6. The molecule has 1 fully saturated rings. The van der Waals surface area contributed by atoms with Gasteiger partial charge in [0.25, 0.3) is 0 Å². The molecular formula is C25H24F2N6. The molecule has 0 saturated carbocycles.